The number of halogens is 1. The average molecular weight is 568 g/mol. The molecule has 4 aromatic rings. The van der Waals surface area contributed by atoms with Crippen LogP contribution >= 0.6 is 11.3 Å². The molecule has 2 N–H and O–H groups in total. The van der Waals surface area contributed by atoms with Crippen LogP contribution in [-0.2, 0) is 38.5 Å². The van der Waals surface area contributed by atoms with E-state index in [9.17, 15) is 17.6 Å². The third kappa shape index (κ3) is 7.72. The van der Waals surface area contributed by atoms with Crippen molar-refractivity contribution in [2.24, 2.45) is 0 Å². The molecule has 4 rings (SSSR count). The molecule has 0 spiro atoms. The molecule has 0 aliphatic carbocycles. The number of rotatable bonds is 12. The van der Waals surface area contributed by atoms with Crippen molar-refractivity contribution < 1.29 is 21.8 Å². The van der Waals surface area contributed by atoms with Gasteiger partial charge in [-0.3, -0.25) is 13.7 Å². The van der Waals surface area contributed by atoms with Gasteiger partial charge >= 0.3 is 10.3 Å². The SMILES string of the molecule is CCc1csc(C(Cc2ccc(NS(=O)(=O)OC)cc2)NC(=O)C(Cc2ccccc2)c2ccccc2F)n1. The molecule has 0 aliphatic rings. The van der Waals surface area contributed by atoms with Crippen molar-refractivity contribution in [1.82, 2.24) is 10.3 Å². The van der Waals surface area contributed by atoms with Crippen molar-refractivity contribution in [3.63, 3.8) is 0 Å². The Morgan fingerprint density at radius 2 is 1.64 bits per heavy atom. The quantitative estimate of drug-likeness (QED) is 0.233. The number of benzene rings is 3. The molecule has 39 heavy (non-hydrogen) atoms. The Labute approximate surface area is 232 Å². The standard InChI is InChI=1S/C29H30FN3O4S2/c1-3-22-19-38-29(31-22)27(18-21-13-15-23(16-14-21)33-39(35,36)37-2)32-28(34)25(17-20-9-5-4-6-10-20)24-11-7-8-12-26(24)30/h4-16,19,25,27,33H,3,17-18H2,1-2H3,(H,32,34). The lowest BCUT2D eigenvalue weighted by molar-refractivity contribution is -0.123. The van der Waals surface area contributed by atoms with Crippen molar-refractivity contribution in [3.05, 3.63) is 117 Å². The zero-order chi connectivity index (χ0) is 27.8. The van der Waals surface area contributed by atoms with Crippen LogP contribution in [0.2, 0.25) is 0 Å². The predicted octanol–water partition coefficient (Wildman–Crippen LogP) is 5.57. The minimum Gasteiger partial charge on any atom is -0.346 e. The van der Waals surface area contributed by atoms with E-state index >= 15 is 0 Å². The average Bonchev–Trinajstić information content (AvgIpc) is 3.43. The lowest BCUT2D eigenvalue weighted by Crippen LogP contribution is -2.35. The Morgan fingerprint density at radius 3 is 2.28 bits per heavy atom. The maximum Gasteiger partial charge on any atom is 0.359 e. The van der Waals surface area contributed by atoms with Gasteiger partial charge in [-0.15, -0.1) is 11.3 Å². The highest BCUT2D eigenvalue weighted by atomic mass is 32.2. The number of nitrogens with one attached hydrogen (secondary N) is 2. The van der Waals surface area contributed by atoms with Crippen LogP contribution in [0.1, 0.15) is 46.3 Å². The largest absolute Gasteiger partial charge is 0.359 e. The molecule has 0 bridgehead atoms. The van der Waals surface area contributed by atoms with E-state index < -0.39 is 28.1 Å². The number of aryl methyl sites for hydroxylation is 1. The zero-order valence-corrected chi connectivity index (χ0v) is 23.3. The second kappa shape index (κ2) is 13.0. The van der Waals surface area contributed by atoms with Gasteiger partial charge in [-0.1, -0.05) is 67.6 Å². The number of hydrogen-bond donors (Lipinski definition) is 2. The fourth-order valence-corrected chi connectivity index (χ4v) is 5.66. The first-order valence-corrected chi connectivity index (χ1v) is 14.8. The molecule has 10 heteroatoms. The van der Waals surface area contributed by atoms with Gasteiger partial charge in [0.25, 0.3) is 0 Å². The van der Waals surface area contributed by atoms with Crippen LogP contribution in [0, 0.1) is 5.82 Å². The highest BCUT2D eigenvalue weighted by Crippen LogP contribution is 2.28. The molecular formula is C29H30FN3O4S2. The fraction of sp³-hybridized carbons (Fsp3) is 0.241. The molecule has 204 valence electrons. The van der Waals surface area contributed by atoms with E-state index in [0.29, 0.717) is 24.1 Å². The number of anilines is 1. The minimum absolute atomic E-state index is 0.299. The van der Waals surface area contributed by atoms with E-state index in [0.717, 1.165) is 35.4 Å². The second-order valence-electron chi connectivity index (χ2n) is 8.98. The third-order valence-electron chi connectivity index (χ3n) is 6.28. The Morgan fingerprint density at radius 1 is 0.974 bits per heavy atom. The van der Waals surface area contributed by atoms with Crippen LogP contribution in [0.15, 0.2) is 84.2 Å². The normalized spacial score (nSPS) is 13.0. The summed E-state index contributed by atoms with van der Waals surface area (Å²) in [6.45, 7) is 2.01. The summed E-state index contributed by atoms with van der Waals surface area (Å²) < 4.78 is 45.0. The maximum atomic E-state index is 14.9. The Bertz CT molecular complexity index is 1490. The van der Waals surface area contributed by atoms with Crippen molar-refractivity contribution in [2.75, 3.05) is 11.8 Å². The molecule has 0 saturated carbocycles. The summed E-state index contributed by atoms with van der Waals surface area (Å²) in [5, 5.41) is 5.85. The first-order valence-electron chi connectivity index (χ1n) is 12.5. The van der Waals surface area contributed by atoms with Gasteiger partial charge < -0.3 is 5.32 Å². The number of thiazole rings is 1. The molecule has 0 saturated heterocycles. The van der Waals surface area contributed by atoms with Gasteiger partial charge in [-0.2, -0.15) is 8.42 Å². The van der Waals surface area contributed by atoms with Gasteiger partial charge in [-0.25, -0.2) is 9.37 Å². The summed E-state index contributed by atoms with van der Waals surface area (Å²) in [6.07, 6.45) is 1.51. The lowest BCUT2D eigenvalue weighted by Gasteiger charge is -2.23. The van der Waals surface area contributed by atoms with Crippen LogP contribution in [0.5, 0.6) is 0 Å². The molecule has 3 aromatic carbocycles. The van der Waals surface area contributed by atoms with E-state index in [1.165, 1.54) is 17.4 Å². The molecule has 2 unspecified atom stereocenters. The lowest BCUT2D eigenvalue weighted by atomic mass is 9.90. The molecule has 1 aromatic heterocycles. The van der Waals surface area contributed by atoms with Crippen LogP contribution in [0.4, 0.5) is 10.1 Å². The molecule has 1 amide bonds. The van der Waals surface area contributed by atoms with E-state index in [4.69, 9.17) is 4.98 Å². The first kappa shape index (κ1) is 28.4. The highest BCUT2D eigenvalue weighted by Gasteiger charge is 2.28. The van der Waals surface area contributed by atoms with E-state index in [2.05, 4.69) is 14.2 Å². The molecule has 7 nitrogen and oxygen atoms in total. The van der Waals surface area contributed by atoms with Crippen molar-refractivity contribution in [1.29, 1.82) is 0 Å². The smallest absolute Gasteiger partial charge is 0.346 e. The van der Waals surface area contributed by atoms with Gasteiger partial charge in [0.05, 0.1) is 30.5 Å². The summed E-state index contributed by atoms with van der Waals surface area (Å²) in [5.74, 6) is -1.47. The second-order valence-corrected chi connectivity index (χ2v) is 11.3. The molecule has 0 radical (unpaired) electrons. The number of carbonyl (C=O) groups is 1. The summed E-state index contributed by atoms with van der Waals surface area (Å²) in [5.41, 5.74) is 3.40. The number of aromatic nitrogens is 1. The van der Waals surface area contributed by atoms with Gasteiger partial charge in [0, 0.05) is 10.9 Å². The highest BCUT2D eigenvalue weighted by molar-refractivity contribution is 7.88. The topological polar surface area (TPSA) is 97.4 Å². The number of amides is 1. The van der Waals surface area contributed by atoms with Gasteiger partial charge in [-0.05, 0) is 48.6 Å². The Kier molecular flexibility index (Phi) is 9.45. The Balaban J connectivity index is 1.61. The monoisotopic (exact) mass is 567 g/mol. The van der Waals surface area contributed by atoms with Crippen molar-refractivity contribution in [2.45, 2.75) is 38.1 Å². The zero-order valence-electron chi connectivity index (χ0n) is 21.6. The third-order valence-corrected chi connectivity index (χ3v) is 8.21. The summed E-state index contributed by atoms with van der Waals surface area (Å²) >= 11 is 1.46. The first-order chi connectivity index (χ1) is 18.8. The number of nitrogens with zero attached hydrogens (tertiary/aromatic N) is 1. The van der Waals surface area contributed by atoms with Gasteiger partial charge in [0.15, 0.2) is 0 Å². The van der Waals surface area contributed by atoms with E-state index in [1.807, 2.05) is 42.6 Å². The number of carbonyl (C=O) groups excluding carboxylic acids is 1. The van der Waals surface area contributed by atoms with Crippen LogP contribution in [-0.4, -0.2) is 26.4 Å². The van der Waals surface area contributed by atoms with Crippen molar-refractivity contribution in [3.8, 4) is 0 Å². The summed E-state index contributed by atoms with van der Waals surface area (Å²) in [7, 11) is -2.80. The maximum absolute atomic E-state index is 14.9. The van der Waals surface area contributed by atoms with E-state index in [-0.39, 0.29) is 5.91 Å². The summed E-state index contributed by atoms with van der Waals surface area (Å²) in [6, 6.07) is 22.2. The minimum atomic E-state index is -3.88. The predicted molar refractivity (Wildman–Crippen MR) is 151 cm³/mol. The summed E-state index contributed by atoms with van der Waals surface area (Å²) in [4.78, 5) is 18.5. The molecule has 0 aliphatic heterocycles. The molecule has 1 heterocycles. The molecule has 0 fully saturated rings. The van der Waals surface area contributed by atoms with Gasteiger partial charge in [0.1, 0.15) is 10.8 Å². The van der Waals surface area contributed by atoms with E-state index in [1.54, 1.807) is 42.5 Å². The van der Waals surface area contributed by atoms with Crippen molar-refractivity contribution >= 4 is 33.2 Å². The van der Waals surface area contributed by atoms with Crippen LogP contribution < -0.4 is 10.0 Å². The van der Waals surface area contributed by atoms with Gasteiger partial charge in [0.2, 0.25) is 5.91 Å². The van der Waals surface area contributed by atoms with Crippen LogP contribution in [0.25, 0.3) is 0 Å². The Hall–Kier alpha value is -3.60. The fourth-order valence-electron chi connectivity index (χ4n) is 4.20. The molecular weight excluding hydrogens is 537 g/mol. The molecule has 2 atom stereocenters. The van der Waals surface area contributed by atoms with Crippen LogP contribution in [0.3, 0.4) is 0 Å². The number of hydrogen-bond acceptors (Lipinski definition) is 6.